The Morgan fingerprint density at radius 1 is 1.50 bits per heavy atom. The van der Waals surface area contributed by atoms with Crippen LogP contribution in [0.3, 0.4) is 0 Å². The number of fused-ring (bicyclic) bond motifs is 1. The minimum atomic E-state index is -0.876. The van der Waals surface area contributed by atoms with E-state index in [0.29, 0.717) is 0 Å². The Labute approximate surface area is 93.9 Å². The fourth-order valence-electron chi connectivity index (χ4n) is 1.90. The molecule has 2 rings (SSSR count). The molecule has 1 aliphatic rings. The van der Waals surface area contributed by atoms with Gasteiger partial charge in [-0.05, 0) is 17.5 Å². The minimum absolute atomic E-state index is 0.0776. The maximum Gasteiger partial charge on any atom is 0.227 e. The van der Waals surface area contributed by atoms with Crippen LogP contribution in [0.5, 0.6) is 0 Å². The Kier molecular flexibility index (Phi) is 3.22. The molecule has 1 aliphatic carbocycles. The molecule has 86 valence electrons. The van der Waals surface area contributed by atoms with Gasteiger partial charge in [-0.2, -0.15) is 0 Å². The van der Waals surface area contributed by atoms with Crippen molar-refractivity contribution in [1.29, 1.82) is 0 Å². The van der Waals surface area contributed by atoms with E-state index in [-0.39, 0.29) is 25.0 Å². The molecular weight excluding hydrogens is 206 g/mol. The number of aliphatic hydroxyl groups is 2. The highest BCUT2D eigenvalue weighted by Gasteiger charge is 2.31. The highest BCUT2D eigenvalue weighted by atomic mass is 16.3. The summed E-state index contributed by atoms with van der Waals surface area (Å²) in [5.41, 5.74) is 2.28. The number of hydrogen-bond donors (Lipinski definition) is 3. The Morgan fingerprint density at radius 3 is 2.94 bits per heavy atom. The zero-order valence-corrected chi connectivity index (χ0v) is 8.89. The van der Waals surface area contributed by atoms with Crippen LogP contribution in [0.25, 0.3) is 0 Å². The Balaban J connectivity index is 1.90. The average Bonchev–Trinajstić information content (AvgIpc) is 2.27. The molecule has 0 saturated heterocycles. The second-order valence-electron chi connectivity index (χ2n) is 4.04. The molecule has 2 unspecified atom stereocenters. The van der Waals surface area contributed by atoms with Gasteiger partial charge in [0.15, 0.2) is 0 Å². The predicted molar refractivity (Wildman–Crippen MR) is 59.0 cm³/mol. The molecule has 0 fully saturated rings. The van der Waals surface area contributed by atoms with Crippen molar-refractivity contribution >= 4 is 5.91 Å². The van der Waals surface area contributed by atoms with Gasteiger partial charge in [0, 0.05) is 6.54 Å². The summed E-state index contributed by atoms with van der Waals surface area (Å²) < 4.78 is 0. The van der Waals surface area contributed by atoms with Crippen molar-refractivity contribution in [3.63, 3.8) is 0 Å². The summed E-state index contributed by atoms with van der Waals surface area (Å²) in [6, 6.07) is 7.84. The summed E-state index contributed by atoms with van der Waals surface area (Å²) in [7, 11) is 0. The molecule has 0 radical (unpaired) electrons. The number of amides is 1. The zero-order valence-electron chi connectivity index (χ0n) is 8.89. The van der Waals surface area contributed by atoms with Gasteiger partial charge >= 0.3 is 0 Å². The van der Waals surface area contributed by atoms with E-state index in [1.807, 2.05) is 24.3 Å². The number of carbonyl (C=O) groups is 1. The lowest BCUT2D eigenvalue weighted by Crippen LogP contribution is -2.40. The van der Waals surface area contributed by atoms with Crippen LogP contribution in [-0.4, -0.2) is 35.4 Å². The standard InChI is InChI=1S/C12H15NO3/c14-7-9(15)6-13-12(16)11-5-8-3-1-2-4-10(8)11/h1-4,9,11,14-15H,5-7H2,(H,13,16). The molecule has 0 saturated carbocycles. The van der Waals surface area contributed by atoms with Crippen LogP contribution in [0, 0.1) is 0 Å². The van der Waals surface area contributed by atoms with Crippen molar-refractivity contribution in [3.05, 3.63) is 35.4 Å². The molecule has 3 N–H and O–H groups in total. The second kappa shape index (κ2) is 4.63. The summed E-state index contributed by atoms with van der Waals surface area (Å²) in [6.07, 6.45) is -0.115. The van der Waals surface area contributed by atoms with E-state index in [0.717, 1.165) is 12.0 Å². The van der Waals surface area contributed by atoms with E-state index in [9.17, 15) is 4.79 Å². The molecule has 16 heavy (non-hydrogen) atoms. The molecule has 4 heteroatoms. The first-order valence-electron chi connectivity index (χ1n) is 5.37. The first-order chi connectivity index (χ1) is 7.72. The molecular formula is C12H15NO3. The normalized spacial score (nSPS) is 19.5. The van der Waals surface area contributed by atoms with Crippen molar-refractivity contribution in [2.24, 2.45) is 0 Å². The first kappa shape index (κ1) is 11.1. The van der Waals surface area contributed by atoms with Gasteiger partial charge in [-0.1, -0.05) is 24.3 Å². The maximum atomic E-state index is 11.7. The molecule has 0 spiro atoms. The Hall–Kier alpha value is -1.39. The van der Waals surface area contributed by atoms with E-state index in [4.69, 9.17) is 10.2 Å². The van der Waals surface area contributed by atoms with E-state index in [1.54, 1.807) is 0 Å². The van der Waals surface area contributed by atoms with E-state index >= 15 is 0 Å². The van der Waals surface area contributed by atoms with E-state index in [2.05, 4.69) is 5.32 Å². The summed E-state index contributed by atoms with van der Waals surface area (Å²) >= 11 is 0. The average molecular weight is 221 g/mol. The molecule has 4 nitrogen and oxygen atoms in total. The second-order valence-corrected chi connectivity index (χ2v) is 4.04. The summed E-state index contributed by atoms with van der Waals surface area (Å²) in [6.45, 7) is -0.227. The molecule has 0 aromatic heterocycles. The molecule has 1 amide bonds. The van der Waals surface area contributed by atoms with Crippen LogP contribution in [-0.2, 0) is 11.2 Å². The van der Waals surface area contributed by atoms with Crippen molar-refractivity contribution in [1.82, 2.24) is 5.32 Å². The van der Waals surface area contributed by atoms with Gasteiger partial charge in [-0.15, -0.1) is 0 Å². The lowest BCUT2D eigenvalue weighted by molar-refractivity contribution is -0.123. The van der Waals surface area contributed by atoms with E-state index < -0.39 is 6.10 Å². The van der Waals surface area contributed by atoms with Crippen molar-refractivity contribution in [2.75, 3.05) is 13.2 Å². The van der Waals surface area contributed by atoms with Gasteiger partial charge in [-0.3, -0.25) is 4.79 Å². The minimum Gasteiger partial charge on any atom is -0.394 e. The van der Waals surface area contributed by atoms with Crippen LogP contribution in [0.1, 0.15) is 17.0 Å². The molecule has 0 bridgehead atoms. The number of benzene rings is 1. The number of rotatable bonds is 4. The third-order valence-corrected chi connectivity index (χ3v) is 2.89. The van der Waals surface area contributed by atoms with Gasteiger partial charge in [0.05, 0.1) is 18.6 Å². The molecule has 0 heterocycles. The number of nitrogens with one attached hydrogen (secondary N) is 1. The Morgan fingerprint density at radius 2 is 2.25 bits per heavy atom. The van der Waals surface area contributed by atoms with Crippen LogP contribution in [0.2, 0.25) is 0 Å². The van der Waals surface area contributed by atoms with Crippen LogP contribution in [0.15, 0.2) is 24.3 Å². The topological polar surface area (TPSA) is 69.6 Å². The third kappa shape index (κ3) is 2.08. The monoisotopic (exact) mass is 221 g/mol. The quantitative estimate of drug-likeness (QED) is 0.659. The SMILES string of the molecule is O=C(NCC(O)CO)C1Cc2ccccc21. The fraction of sp³-hybridized carbons (Fsp3) is 0.417. The largest absolute Gasteiger partial charge is 0.394 e. The first-order valence-corrected chi connectivity index (χ1v) is 5.37. The van der Waals surface area contributed by atoms with Crippen molar-refractivity contribution in [2.45, 2.75) is 18.4 Å². The predicted octanol–water partition coefficient (Wildman–Crippen LogP) is -0.204. The fourth-order valence-corrected chi connectivity index (χ4v) is 1.90. The lowest BCUT2D eigenvalue weighted by Gasteiger charge is -2.29. The van der Waals surface area contributed by atoms with Crippen molar-refractivity contribution < 1.29 is 15.0 Å². The summed E-state index contributed by atoms with van der Waals surface area (Å²) in [5.74, 6) is -0.173. The third-order valence-electron chi connectivity index (χ3n) is 2.89. The smallest absolute Gasteiger partial charge is 0.227 e. The number of aliphatic hydroxyl groups excluding tert-OH is 2. The van der Waals surface area contributed by atoms with E-state index in [1.165, 1.54) is 5.56 Å². The van der Waals surface area contributed by atoms with Crippen molar-refractivity contribution in [3.8, 4) is 0 Å². The van der Waals surface area contributed by atoms with Gasteiger partial charge < -0.3 is 15.5 Å². The molecule has 1 aromatic carbocycles. The summed E-state index contributed by atoms with van der Waals surface area (Å²) in [5, 5.41) is 20.4. The van der Waals surface area contributed by atoms with Crippen LogP contribution in [0.4, 0.5) is 0 Å². The van der Waals surface area contributed by atoms with Gasteiger partial charge in [-0.25, -0.2) is 0 Å². The highest BCUT2D eigenvalue weighted by Crippen LogP contribution is 2.34. The van der Waals surface area contributed by atoms with Crippen LogP contribution >= 0.6 is 0 Å². The van der Waals surface area contributed by atoms with Crippen LogP contribution < -0.4 is 5.32 Å². The number of hydrogen-bond acceptors (Lipinski definition) is 3. The maximum absolute atomic E-state index is 11.7. The van der Waals surface area contributed by atoms with Gasteiger partial charge in [0.2, 0.25) is 5.91 Å². The van der Waals surface area contributed by atoms with Gasteiger partial charge in [0.25, 0.3) is 0 Å². The molecule has 2 atom stereocenters. The number of carbonyl (C=O) groups excluding carboxylic acids is 1. The van der Waals surface area contributed by atoms with Gasteiger partial charge in [0.1, 0.15) is 0 Å². The molecule has 0 aliphatic heterocycles. The molecule has 1 aromatic rings. The lowest BCUT2D eigenvalue weighted by atomic mass is 9.77. The Bertz CT molecular complexity index is 392. The summed E-state index contributed by atoms with van der Waals surface area (Å²) in [4.78, 5) is 11.7. The highest BCUT2D eigenvalue weighted by molar-refractivity contribution is 5.86. The zero-order chi connectivity index (χ0) is 11.5.